The highest BCUT2D eigenvalue weighted by Gasteiger charge is 2.17. The van der Waals surface area contributed by atoms with Crippen molar-refractivity contribution < 1.29 is 0 Å². The van der Waals surface area contributed by atoms with Gasteiger partial charge in [-0.15, -0.1) is 0 Å². The lowest BCUT2D eigenvalue weighted by Crippen LogP contribution is -2.37. The van der Waals surface area contributed by atoms with Crippen molar-refractivity contribution in [3.05, 3.63) is 43.5 Å². The van der Waals surface area contributed by atoms with Gasteiger partial charge in [-0.25, -0.2) is 9.97 Å². The molecule has 4 heterocycles. The van der Waals surface area contributed by atoms with E-state index in [-0.39, 0.29) is 0 Å². The molecule has 1 aliphatic heterocycles. The summed E-state index contributed by atoms with van der Waals surface area (Å²) in [4.78, 5) is 19.1. The molecule has 3 aromatic heterocycles. The summed E-state index contributed by atoms with van der Waals surface area (Å²) in [5, 5.41) is 7.43. The first-order valence-electron chi connectivity index (χ1n) is 8.86. The lowest BCUT2D eigenvalue weighted by molar-refractivity contribution is 0.263. The van der Waals surface area contributed by atoms with Crippen LogP contribution in [-0.4, -0.2) is 51.0 Å². The van der Waals surface area contributed by atoms with Gasteiger partial charge in [0.25, 0.3) is 0 Å². The average Bonchev–Trinajstić information content (AvgIpc) is 3.08. The molecule has 0 spiro atoms. The van der Waals surface area contributed by atoms with Crippen LogP contribution in [0.25, 0.3) is 22.2 Å². The Morgan fingerprint density at radius 2 is 2.08 bits per heavy atom. The minimum Gasteiger partial charge on any atom is -0.351 e. The van der Waals surface area contributed by atoms with Crippen molar-refractivity contribution in [2.75, 3.05) is 30.8 Å². The summed E-state index contributed by atoms with van der Waals surface area (Å²) in [5.74, 6) is 1.45. The zero-order valence-corrected chi connectivity index (χ0v) is 14.9. The van der Waals surface area contributed by atoms with Gasteiger partial charge in [-0.2, -0.15) is 4.98 Å². The van der Waals surface area contributed by atoms with E-state index in [9.17, 15) is 0 Å². The molecule has 134 valence electrons. The zero-order valence-electron chi connectivity index (χ0n) is 14.9. The van der Waals surface area contributed by atoms with Crippen molar-refractivity contribution in [1.29, 1.82) is 0 Å². The van der Waals surface area contributed by atoms with E-state index in [1.165, 1.54) is 0 Å². The Labute approximate surface area is 152 Å². The molecular weight excluding hydrogens is 326 g/mol. The van der Waals surface area contributed by atoms with Gasteiger partial charge in [0.2, 0.25) is 5.95 Å². The molecule has 1 saturated heterocycles. The summed E-state index contributed by atoms with van der Waals surface area (Å²) in [5.41, 5.74) is 2.90. The fourth-order valence-corrected chi connectivity index (χ4v) is 3.29. The molecule has 7 heteroatoms. The predicted molar refractivity (Wildman–Crippen MR) is 105 cm³/mol. The molecule has 1 fully saturated rings. The molecule has 1 aliphatic rings. The maximum absolute atomic E-state index is 4.64. The molecule has 3 N–H and O–H groups in total. The first kappa shape index (κ1) is 16.5. The summed E-state index contributed by atoms with van der Waals surface area (Å²) in [7, 11) is 2.16. The SMILES string of the molecule is C=CNc1ccc(-c2c[nH]c3nc(NC4CCN(C)CC4)ncc23)cn1. The number of pyridine rings is 1. The Morgan fingerprint density at radius 1 is 1.23 bits per heavy atom. The standard InChI is InChI=1S/C19H23N7/c1-3-20-17-5-4-13(10-21-17)15-11-22-18-16(15)12-23-19(25-18)24-14-6-8-26(2)9-7-14/h3-5,10-12,14H,1,6-9H2,2H3,(H,20,21)(H2,22,23,24,25). The highest BCUT2D eigenvalue weighted by atomic mass is 15.2. The van der Waals surface area contributed by atoms with E-state index in [1.807, 2.05) is 30.7 Å². The lowest BCUT2D eigenvalue weighted by Gasteiger charge is -2.29. The van der Waals surface area contributed by atoms with Crippen molar-refractivity contribution >= 4 is 22.8 Å². The van der Waals surface area contributed by atoms with E-state index < -0.39 is 0 Å². The number of nitrogens with one attached hydrogen (secondary N) is 3. The maximum atomic E-state index is 4.64. The van der Waals surface area contributed by atoms with E-state index in [2.05, 4.69) is 49.1 Å². The molecule has 3 aromatic rings. The van der Waals surface area contributed by atoms with Gasteiger partial charge in [0, 0.05) is 41.1 Å². The smallest absolute Gasteiger partial charge is 0.224 e. The predicted octanol–water partition coefficient (Wildman–Crippen LogP) is 3.08. The van der Waals surface area contributed by atoms with E-state index in [0.717, 1.165) is 53.9 Å². The molecule has 0 aromatic carbocycles. The van der Waals surface area contributed by atoms with Gasteiger partial charge >= 0.3 is 0 Å². The van der Waals surface area contributed by atoms with Gasteiger partial charge in [0.15, 0.2) is 0 Å². The molecule has 26 heavy (non-hydrogen) atoms. The van der Waals surface area contributed by atoms with Gasteiger partial charge in [0.1, 0.15) is 11.5 Å². The number of rotatable bonds is 5. The summed E-state index contributed by atoms with van der Waals surface area (Å²) in [6.07, 6.45) is 9.51. The number of nitrogens with zero attached hydrogens (tertiary/aromatic N) is 4. The second kappa shape index (κ2) is 7.13. The highest BCUT2D eigenvalue weighted by Crippen LogP contribution is 2.28. The van der Waals surface area contributed by atoms with Crippen LogP contribution in [0.1, 0.15) is 12.8 Å². The van der Waals surface area contributed by atoms with Crippen LogP contribution >= 0.6 is 0 Å². The zero-order chi connectivity index (χ0) is 17.9. The number of aromatic nitrogens is 4. The van der Waals surface area contributed by atoms with Crippen molar-refractivity contribution in [2.45, 2.75) is 18.9 Å². The fraction of sp³-hybridized carbons (Fsp3) is 0.316. The highest BCUT2D eigenvalue weighted by molar-refractivity contribution is 5.93. The molecule has 4 rings (SSSR count). The molecule has 0 saturated carbocycles. The van der Waals surface area contributed by atoms with E-state index >= 15 is 0 Å². The van der Waals surface area contributed by atoms with Crippen LogP contribution in [0.5, 0.6) is 0 Å². The van der Waals surface area contributed by atoms with Crippen LogP contribution in [0.3, 0.4) is 0 Å². The number of H-pyrrole nitrogens is 1. The van der Waals surface area contributed by atoms with Crippen molar-refractivity contribution in [2.24, 2.45) is 0 Å². The first-order valence-corrected chi connectivity index (χ1v) is 8.86. The molecule has 0 radical (unpaired) electrons. The minimum absolute atomic E-state index is 0.437. The lowest BCUT2D eigenvalue weighted by atomic mass is 10.1. The molecule has 0 bridgehead atoms. The summed E-state index contributed by atoms with van der Waals surface area (Å²) in [6.45, 7) is 5.86. The third kappa shape index (κ3) is 3.39. The van der Waals surface area contributed by atoms with Crippen LogP contribution in [0.15, 0.2) is 43.5 Å². The number of hydrogen-bond donors (Lipinski definition) is 3. The topological polar surface area (TPSA) is 81.8 Å². The molecular formula is C19H23N7. The Morgan fingerprint density at radius 3 is 2.81 bits per heavy atom. The van der Waals surface area contributed by atoms with Crippen molar-refractivity contribution in [1.82, 2.24) is 24.8 Å². The number of fused-ring (bicyclic) bond motifs is 1. The van der Waals surface area contributed by atoms with Crippen LogP contribution < -0.4 is 10.6 Å². The third-order valence-corrected chi connectivity index (χ3v) is 4.81. The van der Waals surface area contributed by atoms with Gasteiger partial charge in [-0.05, 0) is 51.3 Å². The van der Waals surface area contributed by atoms with Crippen LogP contribution in [0.4, 0.5) is 11.8 Å². The van der Waals surface area contributed by atoms with Crippen LogP contribution in [0.2, 0.25) is 0 Å². The number of likely N-dealkylation sites (tertiary alicyclic amines) is 1. The Hall–Kier alpha value is -2.93. The first-order chi connectivity index (χ1) is 12.7. The Bertz CT molecular complexity index is 892. The second-order valence-electron chi connectivity index (χ2n) is 6.66. The van der Waals surface area contributed by atoms with Crippen LogP contribution in [0, 0.1) is 0 Å². The molecule has 0 amide bonds. The van der Waals surface area contributed by atoms with E-state index in [0.29, 0.717) is 12.0 Å². The Balaban J connectivity index is 1.54. The van der Waals surface area contributed by atoms with Gasteiger partial charge in [-0.1, -0.05) is 6.58 Å². The minimum atomic E-state index is 0.437. The van der Waals surface area contributed by atoms with E-state index in [1.54, 1.807) is 6.20 Å². The third-order valence-electron chi connectivity index (χ3n) is 4.81. The second-order valence-corrected chi connectivity index (χ2v) is 6.66. The van der Waals surface area contributed by atoms with E-state index in [4.69, 9.17) is 0 Å². The normalized spacial score (nSPS) is 15.9. The average molecular weight is 349 g/mol. The van der Waals surface area contributed by atoms with Crippen molar-refractivity contribution in [3.8, 4) is 11.1 Å². The fourth-order valence-electron chi connectivity index (χ4n) is 3.29. The Kier molecular flexibility index (Phi) is 4.53. The van der Waals surface area contributed by atoms with Crippen molar-refractivity contribution in [3.63, 3.8) is 0 Å². The van der Waals surface area contributed by atoms with Gasteiger partial charge in [0.05, 0.1) is 0 Å². The summed E-state index contributed by atoms with van der Waals surface area (Å²) < 4.78 is 0. The number of aromatic amines is 1. The quantitative estimate of drug-likeness (QED) is 0.657. The number of piperidine rings is 1. The molecule has 0 unspecified atom stereocenters. The summed E-state index contributed by atoms with van der Waals surface area (Å²) in [6, 6.07) is 4.38. The maximum Gasteiger partial charge on any atom is 0.224 e. The number of anilines is 2. The van der Waals surface area contributed by atoms with Crippen LogP contribution in [-0.2, 0) is 0 Å². The monoisotopic (exact) mass is 349 g/mol. The summed E-state index contributed by atoms with van der Waals surface area (Å²) >= 11 is 0. The largest absolute Gasteiger partial charge is 0.351 e. The van der Waals surface area contributed by atoms with Gasteiger partial charge in [-0.3, -0.25) is 0 Å². The molecule has 0 aliphatic carbocycles. The molecule has 0 atom stereocenters. The molecule has 7 nitrogen and oxygen atoms in total. The number of hydrogen-bond acceptors (Lipinski definition) is 6. The van der Waals surface area contributed by atoms with Gasteiger partial charge < -0.3 is 20.5 Å².